The van der Waals surface area contributed by atoms with Crippen LogP contribution in [-0.4, -0.2) is 21.3 Å². The Kier molecular flexibility index (Phi) is 4.55. The minimum atomic E-state index is -0.394. The topological polar surface area (TPSA) is 75.1 Å². The van der Waals surface area contributed by atoms with E-state index in [4.69, 9.17) is 5.11 Å². The molecule has 2 aromatic heterocycles. The molecule has 2 N–H and O–H groups in total. The molecule has 0 aliphatic heterocycles. The summed E-state index contributed by atoms with van der Waals surface area (Å²) in [6.45, 7) is 2.34. The van der Waals surface area contributed by atoms with Gasteiger partial charge in [0.2, 0.25) is 0 Å². The minimum Gasteiger partial charge on any atom is -0.396 e. The molecular formula is C13H18N2O3S. The number of H-pyrrole nitrogens is 1. The Balaban J connectivity index is 2.45. The maximum absolute atomic E-state index is 12.2. The first-order chi connectivity index (χ1) is 9.17. The summed E-state index contributed by atoms with van der Waals surface area (Å²) in [5, 5.41) is 9.38. The minimum absolute atomic E-state index is 0.0324. The largest absolute Gasteiger partial charge is 0.396 e. The Morgan fingerprint density at radius 3 is 2.84 bits per heavy atom. The number of hydrogen-bond acceptors (Lipinski definition) is 4. The SMILES string of the molecule is CCCCc1cc2c(=O)n(CCCO)c(=O)[nH]c2s1. The molecule has 0 amide bonds. The van der Waals surface area contributed by atoms with Crippen LogP contribution in [0.1, 0.15) is 31.1 Å². The number of nitrogens with zero attached hydrogens (tertiary/aromatic N) is 1. The van der Waals surface area contributed by atoms with Crippen molar-refractivity contribution in [3.8, 4) is 0 Å². The standard InChI is InChI=1S/C13H18N2O3S/c1-2-3-5-9-8-10-11(19-9)14-13(18)15(12(10)17)6-4-7-16/h8,16H,2-7H2,1H3,(H,14,18). The highest BCUT2D eigenvalue weighted by atomic mass is 32.1. The molecule has 0 aliphatic rings. The van der Waals surface area contributed by atoms with Crippen LogP contribution in [0.15, 0.2) is 15.7 Å². The molecule has 0 atom stereocenters. The Hall–Kier alpha value is -1.40. The van der Waals surface area contributed by atoms with Crippen LogP contribution in [0.4, 0.5) is 0 Å². The van der Waals surface area contributed by atoms with Crippen molar-refractivity contribution in [1.29, 1.82) is 0 Å². The number of hydrogen-bond donors (Lipinski definition) is 2. The third-order valence-electron chi connectivity index (χ3n) is 3.04. The fourth-order valence-corrected chi connectivity index (χ4v) is 3.08. The number of fused-ring (bicyclic) bond motifs is 1. The zero-order valence-electron chi connectivity index (χ0n) is 10.9. The van der Waals surface area contributed by atoms with Gasteiger partial charge in [0.15, 0.2) is 0 Å². The van der Waals surface area contributed by atoms with E-state index in [-0.39, 0.29) is 18.7 Å². The van der Waals surface area contributed by atoms with Gasteiger partial charge in [-0.15, -0.1) is 11.3 Å². The van der Waals surface area contributed by atoms with Crippen molar-refractivity contribution in [1.82, 2.24) is 9.55 Å². The molecule has 0 saturated carbocycles. The highest BCUT2D eigenvalue weighted by Crippen LogP contribution is 2.21. The van der Waals surface area contributed by atoms with Crippen molar-refractivity contribution in [2.24, 2.45) is 0 Å². The smallest absolute Gasteiger partial charge is 0.329 e. The molecule has 19 heavy (non-hydrogen) atoms. The summed E-state index contributed by atoms with van der Waals surface area (Å²) in [4.78, 5) is 28.6. The Labute approximate surface area is 114 Å². The number of aliphatic hydroxyl groups excluding tert-OH is 1. The van der Waals surface area contributed by atoms with Crippen LogP contribution in [0, 0.1) is 0 Å². The van der Waals surface area contributed by atoms with E-state index in [1.54, 1.807) is 0 Å². The van der Waals surface area contributed by atoms with E-state index in [0.717, 1.165) is 28.7 Å². The summed E-state index contributed by atoms with van der Waals surface area (Å²) < 4.78 is 1.16. The van der Waals surface area contributed by atoms with Crippen molar-refractivity contribution in [2.75, 3.05) is 6.61 Å². The van der Waals surface area contributed by atoms with Crippen molar-refractivity contribution in [2.45, 2.75) is 39.2 Å². The third kappa shape index (κ3) is 2.96. The van der Waals surface area contributed by atoms with E-state index >= 15 is 0 Å². The van der Waals surface area contributed by atoms with Gasteiger partial charge >= 0.3 is 5.69 Å². The van der Waals surface area contributed by atoms with Crippen LogP contribution < -0.4 is 11.2 Å². The van der Waals surface area contributed by atoms with Gasteiger partial charge in [0.25, 0.3) is 5.56 Å². The molecule has 2 rings (SSSR count). The highest BCUT2D eigenvalue weighted by molar-refractivity contribution is 7.18. The molecule has 5 nitrogen and oxygen atoms in total. The van der Waals surface area contributed by atoms with Crippen molar-refractivity contribution in [3.05, 3.63) is 31.8 Å². The summed E-state index contributed by atoms with van der Waals surface area (Å²) in [6.07, 6.45) is 3.52. The lowest BCUT2D eigenvalue weighted by atomic mass is 10.2. The van der Waals surface area contributed by atoms with Gasteiger partial charge in [-0.05, 0) is 25.3 Å². The lowest BCUT2D eigenvalue weighted by Gasteiger charge is -2.02. The average molecular weight is 282 g/mol. The van der Waals surface area contributed by atoms with Crippen molar-refractivity contribution >= 4 is 21.6 Å². The van der Waals surface area contributed by atoms with Crippen LogP contribution in [0.25, 0.3) is 10.2 Å². The van der Waals surface area contributed by atoms with Crippen molar-refractivity contribution < 1.29 is 5.11 Å². The van der Waals surface area contributed by atoms with Gasteiger partial charge in [0, 0.05) is 18.0 Å². The average Bonchev–Trinajstić information content (AvgIpc) is 2.79. The Morgan fingerprint density at radius 2 is 2.16 bits per heavy atom. The van der Waals surface area contributed by atoms with Crippen LogP contribution in [0.3, 0.4) is 0 Å². The Bertz CT molecular complexity index is 669. The van der Waals surface area contributed by atoms with Crippen LogP contribution in [-0.2, 0) is 13.0 Å². The normalized spacial score (nSPS) is 11.3. The quantitative estimate of drug-likeness (QED) is 0.842. The molecule has 0 saturated heterocycles. The van der Waals surface area contributed by atoms with Crippen LogP contribution in [0.2, 0.25) is 0 Å². The fourth-order valence-electron chi connectivity index (χ4n) is 2.00. The second kappa shape index (κ2) is 6.16. The molecule has 0 aromatic carbocycles. The molecule has 0 aliphatic carbocycles. The summed E-state index contributed by atoms with van der Waals surface area (Å²) in [6, 6.07) is 1.88. The first-order valence-corrected chi connectivity index (χ1v) is 7.35. The number of thiophene rings is 1. The molecule has 0 spiro atoms. The van der Waals surface area contributed by atoms with Gasteiger partial charge in [-0.1, -0.05) is 13.3 Å². The molecule has 0 radical (unpaired) electrons. The lowest BCUT2D eigenvalue weighted by Crippen LogP contribution is -2.34. The molecule has 0 unspecified atom stereocenters. The molecule has 2 heterocycles. The number of aryl methyl sites for hydroxylation is 1. The number of nitrogens with one attached hydrogen (secondary N) is 1. The second-order valence-electron chi connectivity index (χ2n) is 4.52. The first-order valence-electron chi connectivity index (χ1n) is 6.53. The number of rotatable bonds is 6. The summed E-state index contributed by atoms with van der Waals surface area (Å²) in [5.74, 6) is 0. The van der Waals surface area contributed by atoms with E-state index in [2.05, 4.69) is 11.9 Å². The molecule has 0 bridgehead atoms. The number of aromatic nitrogens is 2. The van der Waals surface area contributed by atoms with E-state index < -0.39 is 5.69 Å². The zero-order valence-corrected chi connectivity index (χ0v) is 11.8. The van der Waals surface area contributed by atoms with E-state index in [9.17, 15) is 9.59 Å². The Morgan fingerprint density at radius 1 is 1.37 bits per heavy atom. The monoisotopic (exact) mass is 282 g/mol. The van der Waals surface area contributed by atoms with Gasteiger partial charge in [-0.3, -0.25) is 14.3 Å². The molecule has 2 aromatic rings. The van der Waals surface area contributed by atoms with Gasteiger partial charge in [-0.25, -0.2) is 4.79 Å². The predicted molar refractivity (Wildman–Crippen MR) is 77.0 cm³/mol. The van der Waals surface area contributed by atoms with Crippen LogP contribution >= 0.6 is 11.3 Å². The van der Waals surface area contributed by atoms with E-state index in [0.29, 0.717) is 16.6 Å². The van der Waals surface area contributed by atoms with Gasteiger partial charge in [0.1, 0.15) is 4.83 Å². The zero-order chi connectivity index (χ0) is 13.8. The fraction of sp³-hybridized carbons (Fsp3) is 0.538. The van der Waals surface area contributed by atoms with Crippen molar-refractivity contribution in [3.63, 3.8) is 0 Å². The molecular weight excluding hydrogens is 264 g/mol. The molecule has 0 fully saturated rings. The second-order valence-corrected chi connectivity index (χ2v) is 5.66. The maximum Gasteiger partial charge on any atom is 0.329 e. The summed E-state index contributed by atoms with van der Waals surface area (Å²) in [5.41, 5.74) is -0.652. The number of aliphatic hydroxyl groups is 1. The first kappa shape index (κ1) is 14.0. The van der Waals surface area contributed by atoms with E-state index in [1.165, 1.54) is 11.3 Å². The summed E-state index contributed by atoms with van der Waals surface area (Å²) in [7, 11) is 0. The van der Waals surface area contributed by atoms with Gasteiger partial charge < -0.3 is 5.11 Å². The molecule has 6 heteroatoms. The lowest BCUT2D eigenvalue weighted by molar-refractivity contribution is 0.278. The van der Waals surface area contributed by atoms with E-state index in [1.807, 2.05) is 6.07 Å². The van der Waals surface area contributed by atoms with Gasteiger partial charge in [-0.2, -0.15) is 0 Å². The highest BCUT2D eigenvalue weighted by Gasteiger charge is 2.10. The van der Waals surface area contributed by atoms with Crippen LogP contribution in [0.5, 0.6) is 0 Å². The third-order valence-corrected chi connectivity index (χ3v) is 4.15. The summed E-state index contributed by atoms with van der Waals surface area (Å²) >= 11 is 1.48. The predicted octanol–water partition coefficient (Wildman–Crippen LogP) is 1.48. The number of unbranched alkanes of at least 4 members (excludes halogenated alkanes) is 1. The maximum atomic E-state index is 12.2. The number of aromatic amines is 1. The molecule has 104 valence electrons. The van der Waals surface area contributed by atoms with Gasteiger partial charge in [0.05, 0.1) is 5.39 Å².